The Morgan fingerprint density at radius 1 is 0.597 bits per heavy atom. The summed E-state index contributed by atoms with van der Waals surface area (Å²) in [4.78, 5) is 9.66. The third kappa shape index (κ3) is 8.31. The van der Waals surface area contributed by atoms with E-state index in [1.54, 1.807) is 6.20 Å². The SMILES string of the molecule is CC(C)c1cc(-c2ccccc2)cc(C(C)C)c1-n1c(-c2[c-]ccc3c2oc2cc(-c4ccccc4)ccc23)nc2ccccc21.[2H]C(C)(C)c1ccc(-c2[c-]cccc2)nc1.[Ir]. The average molecular weight is 985 g/mol. The second-order valence-electron chi connectivity index (χ2n) is 16.4. The van der Waals surface area contributed by atoms with Crippen LogP contribution in [0.4, 0.5) is 0 Å². The van der Waals surface area contributed by atoms with Crippen LogP contribution in [0.3, 0.4) is 0 Å². The van der Waals surface area contributed by atoms with Gasteiger partial charge in [0.05, 0.1) is 22.4 Å². The molecule has 3 heterocycles. The average Bonchev–Trinajstić information content (AvgIpc) is 3.88. The third-order valence-electron chi connectivity index (χ3n) is 11.4. The van der Waals surface area contributed by atoms with Gasteiger partial charge in [-0.15, -0.1) is 54.1 Å². The number of hydrogen-bond donors (Lipinski definition) is 0. The van der Waals surface area contributed by atoms with Crippen LogP contribution in [0.15, 0.2) is 174 Å². The summed E-state index contributed by atoms with van der Waals surface area (Å²) in [6, 6.07) is 63.3. The first-order valence-electron chi connectivity index (χ1n) is 21.6. The molecule has 0 spiro atoms. The van der Waals surface area contributed by atoms with E-state index < -0.39 is 5.89 Å². The summed E-state index contributed by atoms with van der Waals surface area (Å²) in [6.45, 7) is 12.9. The number of imidazole rings is 1. The van der Waals surface area contributed by atoms with E-state index in [2.05, 4.69) is 165 Å². The number of aromatic nitrogens is 3. The van der Waals surface area contributed by atoms with Crippen molar-refractivity contribution in [3.05, 3.63) is 199 Å². The van der Waals surface area contributed by atoms with Crippen LogP contribution >= 0.6 is 0 Å². The maximum atomic E-state index is 7.90. The summed E-state index contributed by atoms with van der Waals surface area (Å²) in [5.41, 5.74) is 15.9. The number of furan rings is 1. The van der Waals surface area contributed by atoms with Gasteiger partial charge in [0.25, 0.3) is 0 Å². The van der Waals surface area contributed by atoms with Crippen molar-refractivity contribution in [2.75, 3.05) is 0 Å². The molecule has 0 amide bonds. The van der Waals surface area contributed by atoms with Crippen molar-refractivity contribution in [1.29, 1.82) is 0 Å². The Morgan fingerprint density at radius 3 is 1.89 bits per heavy atom. The molecule has 0 saturated carbocycles. The Morgan fingerprint density at radius 2 is 1.26 bits per heavy atom. The van der Waals surface area contributed by atoms with Crippen LogP contribution in [-0.2, 0) is 20.1 Å². The van der Waals surface area contributed by atoms with E-state index in [0.717, 1.165) is 66.7 Å². The van der Waals surface area contributed by atoms with Gasteiger partial charge >= 0.3 is 0 Å². The molecule has 309 valence electrons. The fraction of sp³-hybridized carbons (Fsp3) is 0.158. The molecule has 1 radical (unpaired) electrons. The molecule has 3 aromatic heterocycles. The zero-order valence-electron chi connectivity index (χ0n) is 36.9. The van der Waals surface area contributed by atoms with Crippen molar-refractivity contribution < 1.29 is 25.9 Å². The Bertz CT molecular complexity index is 3120. The van der Waals surface area contributed by atoms with Gasteiger partial charge in [0.2, 0.25) is 0 Å². The van der Waals surface area contributed by atoms with E-state index in [4.69, 9.17) is 10.8 Å². The fourth-order valence-electron chi connectivity index (χ4n) is 8.16. The fourth-order valence-corrected chi connectivity index (χ4v) is 8.16. The normalized spacial score (nSPS) is 11.8. The van der Waals surface area contributed by atoms with Gasteiger partial charge in [-0.3, -0.25) is 4.98 Å². The summed E-state index contributed by atoms with van der Waals surface area (Å²) in [7, 11) is 0. The quantitative estimate of drug-likeness (QED) is 0.143. The molecule has 0 N–H and O–H groups in total. The molecule has 10 rings (SSSR count). The van der Waals surface area contributed by atoms with Gasteiger partial charge in [0.1, 0.15) is 5.58 Å². The van der Waals surface area contributed by atoms with Gasteiger partial charge in [0.15, 0.2) is 0 Å². The third-order valence-corrected chi connectivity index (χ3v) is 11.4. The molecule has 0 bridgehead atoms. The number of rotatable bonds is 8. The van der Waals surface area contributed by atoms with Crippen molar-refractivity contribution in [1.82, 2.24) is 14.5 Å². The molecule has 0 unspecified atom stereocenters. The molecule has 0 aliphatic heterocycles. The zero-order chi connectivity index (χ0) is 43.0. The van der Waals surface area contributed by atoms with E-state index in [0.29, 0.717) is 0 Å². The molecule has 0 atom stereocenters. The van der Waals surface area contributed by atoms with Gasteiger partial charge in [0, 0.05) is 38.7 Å². The van der Waals surface area contributed by atoms with Gasteiger partial charge < -0.3 is 14.0 Å². The number of hydrogen-bond acceptors (Lipinski definition) is 3. The van der Waals surface area contributed by atoms with Crippen LogP contribution in [0.25, 0.3) is 83.6 Å². The predicted octanol–water partition coefficient (Wildman–Crippen LogP) is 15.6. The summed E-state index contributed by atoms with van der Waals surface area (Å²) in [5.74, 6) is 0.817. The number of para-hydroxylation sites is 2. The first-order valence-corrected chi connectivity index (χ1v) is 21.1. The Hall–Kier alpha value is -6.39. The van der Waals surface area contributed by atoms with Gasteiger partial charge in [-0.25, -0.2) is 0 Å². The molecule has 0 aliphatic carbocycles. The van der Waals surface area contributed by atoms with Crippen LogP contribution in [0.5, 0.6) is 0 Å². The number of fused-ring (bicyclic) bond motifs is 4. The Balaban J connectivity index is 0.000000271. The summed E-state index contributed by atoms with van der Waals surface area (Å²) < 4.78 is 17.0. The smallest absolute Gasteiger partial charge is 0.121 e. The van der Waals surface area contributed by atoms with Crippen LogP contribution in [0.2, 0.25) is 0 Å². The van der Waals surface area contributed by atoms with Gasteiger partial charge in [-0.05, 0) is 92.7 Å². The second kappa shape index (κ2) is 18.3. The van der Waals surface area contributed by atoms with Crippen LogP contribution in [0.1, 0.15) is 77.3 Å². The van der Waals surface area contributed by atoms with E-state index in [1.807, 2.05) is 62.4 Å². The Labute approximate surface area is 380 Å². The van der Waals surface area contributed by atoms with Gasteiger partial charge in [-0.2, -0.15) is 0 Å². The number of pyridine rings is 1. The van der Waals surface area contributed by atoms with E-state index in [1.165, 1.54) is 33.5 Å². The van der Waals surface area contributed by atoms with E-state index in [9.17, 15) is 0 Å². The summed E-state index contributed by atoms with van der Waals surface area (Å²) in [6.07, 6.45) is 1.77. The molecule has 7 aromatic carbocycles. The minimum Gasteiger partial charge on any atom is -0.501 e. The van der Waals surface area contributed by atoms with Crippen LogP contribution in [0, 0.1) is 12.1 Å². The van der Waals surface area contributed by atoms with Crippen LogP contribution < -0.4 is 0 Å². The zero-order valence-corrected chi connectivity index (χ0v) is 38.3. The topological polar surface area (TPSA) is 43.9 Å². The first kappa shape index (κ1) is 41.0. The molecule has 5 heteroatoms. The molecule has 4 nitrogen and oxygen atoms in total. The first-order chi connectivity index (χ1) is 30.0. The van der Waals surface area contributed by atoms with Gasteiger partial charge in [-0.1, -0.05) is 150 Å². The minimum absolute atomic E-state index is 0. The molecule has 0 aliphatic rings. The van der Waals surface area contributed by atoms with Crippen LogP contribution in [-0.4, -0.2) is 14.5 Å². The standard InChI is InChI=1S/C43H35N2O.C14H14N.Ir/c1-27(2)36-24-32(30-16-9-6-10-17-30)25-37(28(3)4)41(36)45-39-21-12-11-20-38(39)44-43(45)35-19-13-18-34-33-23-22-31(26-40(33)46-42(34)35)29-14-7-5-8-15-29;1-11(2)13-8-9-14(15-10-13)12-6-4-3-5-7-12;/h5-18,20-28H,1-4H3;3-6,8-11H,1-2H3;/q2*-1;/i;11D;. The summed E-state index contributed by atoms with van der Waals surface area (Å²) >= 11 is 0. The predicted molar refractivity (Wildman–Crippen MR) is 254 cm³/mol. The minimum atomic E-state index is -0.591. The van der Waals surface area contributed by atoms with Crippen molar-refractivity contribution in [3.63, 3.8) is 0 Å². The molecular weight excluding hydrogens is 935 g/mol. The van der Waals surface area contributed by atoms with Crippen molar-refractivity contribution in [3.8, 4) is 50.6 Å². The van der Waals surface area contributed by atoms with Crippen molar-refractivity contribution >= 4 is 33.0 Å². The molecule has 10 aromatic rings. The van der Waals surface area contributed by atoms with Crippen molar-refractivity contribution in [2.24, 2.45) is 0 Å². The summed E-state index contributed by atoms with van der Waals surface area (Å²) in [5, 5.41) is 2.15. The largest absolute Gasteiger partial charge is 0.501 e. The number of nitrogens with zero attached hydrogens (tertiary/aromatic N) is 3. The second-order valence-corrected chi connectivity index (χ2v) is 16.4. The van der Waals surface area contributed by atoms with Crippen molar-refractivity contribution in [2.45, 2.75) is 59.3 Å². The molecule has 0 fully saturated rings. The maximum absolute atomic E-state index is 7.90. The molecule has 62 heavy (non-hydrogen) atoms. The number of benzene rings is 7. The maximum Gasteiger partial charge on any atom is 0.121 e. The molecule has 0 saturated heterocycles. The Kier molecular flexibility index (Phi) is 12.1. The monoisotopic (exact) mass is 985 g/mol. The van der Waals surface area contributed by atoms with E-state index in [-0.39, 0.29) is 31.9 Å². The molecular formula is C57H49IrN3O-2. The van der Waals surface area contributed by atoms with E-state index >= 15 is 0 Å².